The third-order valence-corrected chi connectivity index (χ3v) is 5.84. The van der Waals surface area contributed by atoms with E-state index in [0.29, 0.717) is 11.5 Å². The second-order valence-corrected chi connectivity index (χ2v) is 8.16. The molecule has 1 aliphatic rings. The molecule has 1 heterocycles. The maximum absolute atomic E-state index is 13.3. The van der Waals surface area contributed by atoms with Gasteiger partial charge in [0.1, 0.15) is 5.82 Å². The zero-order valence-electron chi connectivity index (χ0n) is 13.1. The van der Waals surface area contributed by atoms with Crippen LogP contribution in [0, 0.1) is 10.4 Å². The highest BCUT2D eigenvalue weighted by atomic mass is 79.9. The first-order chi connectivity index (χ1) is 12.0. The van der Waals surface area contributed by atoms with E-state index in [1.54, 1.807) is 6.26 Å². The summed E-state index contributed by atoms with van der Waals surface area (Å²) >= 11 is 3.08. The predicted octanol–water partition coefficient (Wildman–Crippen LogP) is 2.70. The van der Waals surface area contributed by atoms with Crippen molar-refractivity contribution in [2.75, 3.05) is 11.6 Å². The molecule has 0 amide bonds. The number of hydrogen-bond donors (Lipinski definition) is 3. The molecule has 11 heteroatoms. The molecule has 2 aromatic rings. The van der Waals surface area contributed by atoms with Gasteiger partial charge in [-0.05, 0) is 57.3 Å². The Hall–Kier alpha value is -1.94. The van der Waals surface area contributed by atoms with Crippen LogP contribution in [-0.4, -0.2) is 38.9 Å². The SMILES string of the molecule is C[S-](#N)C1CC(Nc2nonc2C(=Nc2ccc(F)c(Br)c2)NO)C1. The highest BCUT2D eigenvalue weighted by Gasteiger charge is 2.27. The number of nitrogens with one attached hydrogen (secondary N) is 2. The topological polar surface area (TPSA) is 119 Å². The molecule has 1 fully saturated rings. The molecule has 25 heavy (non-hydrogen) atoms. The van der Waals surface area contributed by atoms with Gasteiger partial charge in [0.2, 0.25) is 5.82 Å². The van der Waals surface area contributed by atoms with Gasteiger partial charge in [-0.15, -0.1) is 6.26 Å². The first kappa shape index (κ1) is 17.9. The van der Waals surface area contributed by atoms with Crippen LogP contribution in [0.15, 0.2) is 32.3 Å². The fraction of sp³-hybridized carbons (Fsp3) is 0.357. The maximum Gasteiger partial charge on any atom is 0.202 e. The van der Waals surface area contributed by atoms with Crippen molar-refractivity contribution in [1.29, 1.82) is 4.61 Å². The number of rotatable bonds is 4. The Morgan fingerprint density at radius 2 is 2.24 bits per heavy atom. The van der Waals surface area contributed by atoms with Gasteiger partial charge in [0.15, 0.2) is 11.5 Å². The fourth-order valence-corrected chi connectivity index (χ4v) is 3.80. The van der Waals surface area contributed by atoms with E-state index in [2.05, 4.69) is 36.6 Å². The zero-order chi connectivity index (χ0) is 18.0. The van der Waals surface area contributed by atoms with Crippen molar-refractivity contribution >= 4 is 43.8 Å². The molecule has 8 nitrogen and oxygen atoms in total. The van der Waals surface area contributed by atoms with Gasteiger partial charge < -0.3 is 20.4 Å². The number of anilines is 1. The molecule has 134 valence electrons. The molecule has 0 saturated heterocycles. The van der Waals surface area contributed by atoms with Crippen molar-refractivity contribution in [3.05, 3.63) is 34.2 Å². The quantitative estimate of drug-likeness (QED) is 0.295. The summed E-state index contributed by atoms with van der Waals surface area (Å²) in [4.78, 5) is 4.19. The predicted molar refractivity (Wildman–Crippen MR) is 95.0 cm³/mol. The molecule has 0 atom stereocenters. The van der Waals surface area contributed by atoms with Crippen LogP contribution in [0.25, 0.3) is 0 Å². The largest absolute Gasteiger partial charge is 0.430 e. The van der Waals surface area contributed by atoms with Crippen LogP contribution in [0.1, 0.15) is 18.5 Å². The Labute approximate surface area is 153 Å². The number of hydroxylamine groups is 1. The van der Waals surface area contributed by atoms with Gasteiger partial charge in [-0.1, -0.05) is 5.25 Å². The van der Waals surface area contributed by atoms with E-state index < -0.39 is 16.3 Å². The molecule has 0 bridgehead atoms. The number of benzene rings is 1. The zero-order valence-corrected chi connectivity index (χ0v) is 15.5. The Bertz CT molecular complexity index is 874. The third-order valence-electron chi connectivity index (χ3n) is 3.88. The normalized spacial score (nSPS) is 20.4. The Balaban J connectivity index is 1.78. The average Bonchev–Trinajstić information content (AvgIpc) is 2.99. The highest BCUT2D eigenvalue weighted by Crippen LogP contribution is 2.28. The Morgan fingerprint density at radius 1 is 1.48 bits per heavy atom. The Kier molecular flexibility index (Phi) is 5.38. The number of nitrogens with zero attached hydrogens (tertiary/aromatic N) is 4. The lowest BCUT2D eigenvalue weighted by atomic mass is 9.92. The van der Waals surface area contributed by atoms with E-state index in [4.69, 9.17) is 4.63 Å². The lowest BCUT2D eigenvalue weighted by molar-refractivity contribution is 0.234. The molecule has 1 aromatic heterocycles. The van der Waals surface area contributed by atoms with Crippen LogP contribution >= 0.6 is 15.9 Å². The van der Waals surface area contributed by atoms with Crippen LogP contribution in [0.3, 0.4) is 0 Å². The van der Waals surface area contributed by atoms with E-state index in [1.807, 2.05) is 5.48 Å². The third kappa shape index (κ3) is 4.01. The van der Waals surface area contributed by atoms with Gasteiger partial charge >= 0.3 is 0 Å². The van der Waals surface area contributed by atoms with Crippen LogP contribution in [-0.2, 0) is 10.5 Å². The lowest BCUT2D eigenvalue weighted by Crippen LogP contribution is -2.41. The molecule has 3 N–H and O–H groups in total. The minimum absolute atomic E-state index is 0.00975. The van der Waals surface area contributed by atoms with Gasteiger partial charge in [0.25, 0.3) is 0 Å². The first-order valence-electron chi connectivity index (χ1n) is 7.35. The number of halogens is 2. The lowest BCUT2D eigenvalue weighted by Gasteiger charge is -2.40. The van der Waals surface area contributed by atoms with Crippen molar-refractivity contribution in [3.63, 3.8) is 0 Å². The number of amidine groups is 1. The number of hydrogen-bond acceptors (Lipinski definition) is 8. The summed E-state index contributed by atoms with van der Waals surface area (Å²) in [5.74, 6) is -0.0735. The van der Waals surface area contributed by atoms with Crippen LogP contribution in [0.2, 0.25) is 0 Å². The van der Waals surface area contributed by atoms with Crippen LogP contribution in [0.4, 0.5) is 15.9 Å². The van der Waals surface area contributed by atoms with Crippen molar-refractivity contribution in [2.24, 2.45) is 4.99 Å². The van der Waals surface area contributed by atoms with Gasteiger partial charge in [-0.25, -0.2) is 14.0 Å². The van der Waals surface area contributed by atoms with Gasteiger partial charge in [-0.3, -0.25) is 10.7 Å². The van der Waals surface area contributed by atoms with Crippen LogP contribution in [0.5, 0.6) is 0 Å². The van der Waals surface area contributed by atoms with Gasteiger partial charge in [0, 0.05) is 6.04 Å². The molecule has 0 spiro atoms. The van der Waals surface area contributed by atoms with E-state index in [9.17, 15) is 14.2 Å². The average molecular weight is 430 g/mol. The fourth-order valence-electron chi connectivity index (χ4n) is 2.41. The van der Waals surface area contributed by atoms with Crippen LogP contribution < -0.4 is 10.8 Å². The molecule has 1 aliphatic carbocycles. The summed E-state index contributed by atoms with van der Waals surface area (Å²) in [6, 6.07) is 4.31. The number of aromatic nitrogens is 2. The first-order valence-corrected chi connectivity index (χ1v) is 9.79. The van der Waals surface area contributed by atoms with Crippen molar-refractivity contribution in [3.8, 4) is 0 Å². The summed E-state index contributed by atoms with van der Waals surface area (Å²) in [7, 11) is -0.600. The Morgan fingerprint density at radius 3 is 2.88 bits per heavy atom. The van der Waals surface area contributed by atoms with E-state index >= 15 is 0 Å². The van der Waals surface area contributed by atoms with Gasteiger partial charge in [0.05, 0.1) is 10.2 Å². The molecular formula is C14H15BrFN6O2S-. The minimum atomic E-state index is -0.600. The standard InChI is InChI=1S/C14H15BrFN6O2S/c1-25(17)9-4-8(5-9)19-14-12(21-24-22-14)13(20-23)18-7-2-3-11(16)10(15)6-7/h2-3,6,8-9,23H,4-5H2,1H3,(H,18,20)(H,19,22)/q-1. The minimum Gasteiger partial charge on any atom is -0.430 e. The molecule has 1 saturated carbocycles. The molecule has 0 aliphatic heterocycles. The molecule has 1 aromatic carbocycles. The summed E-state index contributed by atoms with van der Waals surface area (Å²) in [5, 5.41) is 20.4. The summed E-state index contributed by atoms with van der Waals surface area (Å²) < 4.78 is 27.9. The van der Waals surface area contributed by atoms with Crippen molar-refractivity contribution < 1.29 is 14.2 Å². The van der Waals surface area contributed by atoms with Gasteiger partial charge in [-0.2, -0.15) is 0 Å². The molecule has 0 radical (unpaired) electrons. The second-order valence-electron chi connectivity index (χ2n) is 5.59. The second kappa shape index (κ2) is 7.52. The number of aliphatic imine (C=N–C) groups is 1. The summed E-state index contributed by atoms with van der Waals surface area (Å²) in [6.07, 6.45) is 3.42. The maximum atomic E-state index is 13.3. The molecule has 3 rings (SSSR count). The highest BCUT2D eigenvalue weighted by molar-refractivity contribution is 9.10. The van der Waals surface area contributed by atoms with Crippen molar-refractivity contribution in [1.82, 2.24) is 15.8 Å². The van der Waals surface area contributed by atoms with E-state index in [1.165, 1.54) is 18.2 Å². The molecular weight excluding hydrogens is 415 g/mol. The molecule has 0 unspecified atom stereocenters. The van der Waals surface area contributed by atoms with Crippen molar-refractivity contribution in [2.45, 2.75) is 24.1 Å². The van der Waals surface area contributed by atoms with E-state index in [0.717, 1.165) is 12.8 Å². The summed E-state index contributed by atoms with van der Waals surface area (Å²) in [6.45, 7) is 0. The summed E-state index contributed by atoms with van der Waals surface area (Å²) in [5.41, 5.74) is 2.56. The van der Waals surface area contributed by atoms with E-state index in [-0.39, 0.29) is 27.3 Å². The monoisotopic (exact) mass is 429 g/mol. The smallest absolute Gasteiger partial charge is 0.202 e.